The van der Waals surface area contributed by atoms with Gasteiger partial charge < -0.3 is 10.6 Å². The number of nitrogens with zero attached hydrogens (tertiary/aromatic N) is 3. The lowest BCUT2D eigenvalue weighted by atomic mass is 10.1. The Kier molecular flexibility index (Phi) is 4.68. The van der Waals surface area contributed by atoms with Crippen LogP contribution in [-0.4, -0.2) is 20.8 Å². The zero-order valence-electron chi connectivity index (χ0n) is 12.6. The van der Waals surface area contributed by atoms with Crippen molar-refractivity contribution in [1.82, 2.24) is 25.4 Å². The summed E-state index contributed by atoms with van der Waals surface area (Å²) in [6, 6.07) is 11.6. The number of hydrogen-bond donors (Lipinski definition) is 2. The third kappa shape index (κ3) is 3.95. The van der Waals surface area contributed by atoms with Crippen LogP contribution < -0.4 is 10.6 Å². The number of hydrogen-bond acceptors (Lipinski definition) is 4. The van der Waals surface area contributed by atoms with Gasteiger partial charge in [-0.2, -0.15) is 5.10 Å². The van der Waals surface area contributed by atoms with Crippen LogP contribution in [0.25, 0.3) is 5.69 Å². The van der Waals surface area contributed by atoms with Crippen molar-refractivity contribution in [3.63, 3.8) is 0 Å². The Hall–Kier alpha value is -2.67. The van der Waals surface area contributed by atoms with Gasteiger partial charge in [-0.05, 0) is 36.1 Å². The van der Waals surface area contributed by atoms with E-state index in [1.54, 1.807) is 22.3 Å². The Morgan fingerprint density at radius 1 is 1.30 bits per heavy atom. The molecule has 0 saturated carbocycles. The Morgan fingerprint density at radius 3 is 2.78 bits per heavy atom. The van der Waals surface area contributed by atoms with Gasteiger partial charge in [-0.3, -0.25) is 0 Å². The predicted molar refractivity (Wildman–Crippen MR) is 89.5 cm³/mol. The van der Waals surface area contributed by atoms with Gasteiger partial charge in [0.15, 0.2) is 0 Å². The molecule has 0 spiro atoms. The summed E-state index contributed by atoms with van der Waals surface area (Å²) in [5.74, 6) is 0. The predicted octanol–water partition coefficient (Wildman–Crippen LogP) is 2.89. The summed E-state index contributed by atoms with van der Waals surface area (Å²) in [5.41, 5.74) is 1.96. The molecule has 0 fully saturated rings. The van der Waals surface area contributed by atoms with E-state index in [9.17, 15) is 4.79 Å². The molecule has 6 nitrogen and oxygen atoms in total. The number of urea groups is 1. The number of carbonyl (C=O) groups is 1. The van der Waals surface area contributed by atoms with Crippen molar-refractivity contribution in [3.8, 4) is 5.69 Å². The van der Waals surface area contributed by atoms with Crippen LogP contribution in [-0.2, 0) is 6.54 Å². The first kappa shape index (κ1) is 15.2. The zero-order chi connectivity index (χ0) is 16.1. The molecule has 0 saturated heterocycles. The lowest BCUT2D eigenvalue weighted by molar-refractivity contribution is 0.237. The fourth-order valence-corrected chi connectivity index (χ4v) is 2.81. The van der Waals surface area contributed by atoms with Crippen LogP contribution in [0.3, 0.4) is 0 Å². The number of thiophene rings is 1. The number of amides is 2. The molecule has 0 unspecified atom stereocenters. The first-order valence-electron chi connectivity index (χ1n) is 7.24. The van der Waals surface area contributed by atoms with Crippen LogP contribution in [0.5, 0.6) is 0 Å². The van der Waals surface area contributed by atoms with Crippen molar-refractivity contribution >= 4 is 17.4 Å². The highest BCUT2D eigenvalue weighted by Crippen LogP contribution is 2.15. The quantitative estimate of drug-likeness (QED) is 0.757. The maximum Gasteiger partial charge on any atom is 0.315 e. The van der Waals surface area contributed by atoms with Gasteiger partial charge in [-0.25, -0.2) is 14.5 Å². The van der Waals surface area contributed by atoms with Crippen LogP contribution in [0.4, 0.5) is 4.79 Å². The number of carbonyl (C=O) groups excluding carboxylic acids is 1. The molecule has 0 aliphatic carbocycles. The minimum Gasteiger partial charge on any atom is -0.333 e. The number of aromatic nitrogens is 3. The third-order valence-electron chi connectivity index (χ3n) is 3.43. The van der Waals surface area contributed by atoms with Gasteiger partial charge in [0.25, 0.3) is 0 Å². The molecule has 0 aliphatic rings. The van der Waals surface area contributed by atoms with E-state index in [1.807, 2.05) is 48.7 Å². The van der Waals surface area contributed by atoms with Crippen molar-refractivity contribution in [1.29, 1.82) is 0 Å². The average Bonchev–Trinajstić information content (AvgIpc) is 3.26. The molecule has 1 aromatic carbocycles. The molecule has 2 N–H and O–H groups in total. The van der Waals surface area contributed by atoms with Gasteiger partial charge in [0.2, 0.25) is 0 Å². The standard InChI is InChI=1S/C16H17N5OS/c1-12(20-16(22)18-9-15-3-2-8-23-15)13-4-6-14(7-5-13)21-11-17-10-19-21/h2-8,10-12H,9H2,1H3,(H2,18,20,22)/t12-/m1/s1. The second kappa shape index (κ2) is 7.06. The highest BCUT2D eigenvalue weighted by Gasteiger charge is 2.09. The Bertz CT molecular complexity index is 737. The third-order valence-corrected chi connectivity index (χ3v) is 4.30. The molecule has 0 bridgehead atoms. The highest BCUT2D eigenvalue weighted by molar-refractivity contribution is 7.09. The van der Waals surface area contributed by atoms with E-state index < -0.39 is 0 Å². The maximum absolute atomic E-state index is 11.9. The van der Waals surface area contributed by atoms with Crippen molar-refractivity contribution < 1.29 is 4.79 Å². The SMILES string of the molecule is C[C@@H](NC(=O)NCc1cccs1)c1ccc(-n2cncn2)cc1. The van der Waals surface area contributed by atoms with Gasteiger partial charge in [-0.15, -0.1) is 11.3 Å². The van der Waals surface area contributed by atoms with Crippen molar-refractivity contribution in [2.75, 3.05) is 0 Å². The molecule has 0 aliphatic heterocycles. The molecule has 118 valence electrons. The minimum absolute atomic E-state index is 0.0804. The summed E-state index contributed by atoms with van der Waals surface area (Å²) >= 11 is 1.62. The molecule has 0 radical (unpaired) electrons. The Morgan fingerprint density at radius 2 is 2.13 bits per heavy atom. The van der Waals surface area contributed by atoms with Crippen molar-refractivity contribution in [2.45, 2.75) is 19.5 Å². The smallest absolute Gasteiger partial charge is 0.315 e. The lowest BCUT2D eigenvalue weighted by Crippen LogP contribution is -2.36. The topological polar surface area (TPSA) is 71.8 Å². The van der Waals surface area contributed by atoms with E-state index in [-0.39, 0.29) is 12.1 Å². The van der Waals surface area contributed by atoms with Crippen molar-refractivity contribution in [2.24, 2.45) is 0 Å². The van der Waals surface area contributed by atoms with Crippen LogP contribution in [0.2, 0.25) is 0 Å². The Labute approximate surface area is 138 Å². The molecule has 3 rings (SSSR count). The van der Waals surface area contributed by atoms with Gasteiger partial charge >= 0.3 is 6.03 Å². The van der Waals surface area contributed by atoms with Crippen molar-refractivity contribution in [3.05, 3.63) is 64.9 Å². The summed E-state index contributed by atoms with van der Waals surface area (Å²) in [6.07, 6.45) is 3.14. The van der Waals surface area contributed by atoms with E-state index >= 15 is 0 Å². The summed E-state index contributed by atoms with van der Waals surface area (Å²) < 4.78 is 1.69. The number of benzene rings is 1. The number of rotatable bonds is 5. The van der Waals surface area contributed by atoms with Gasteiger partial charge in [0.1, 0.15) is 12.7 Å². The van der Waals surface area contributed by atoms with E-state index in [0.717, 1.165) is 16.1 Å². The fraction of sp³-hybridized carbons (Fsp3) is 0.188. The van der Waals surface area contributed by atoms with Crippen LogP contribution in [0.1, 0.15) is 23.4 Å². The second-order valence-electron chi connectivity index (χ2n) is 5.06. The highest BCUT2D eigenvalue weighted by atomic mass is 32.1. The first-order valence-corrected chi connectivity index (χ1v) is 8.12. The maximum atomic E-state index is 11.9. The van der Waals surface area contributed by atoms with Gasteiger partial charge in [0, 0.05) is 4.88 Å². The minimum atomic E-state index is -0.175. The molecule has 2 heterocycles. The van der Waals surface area contributed by atoms with E-state index in [2.05, 4.69) is 20.7 Å². The van der Waals surface area contributed by atoms with E-state index in [1.165, 1.54) is 6.33 Å². The largest absolute Gasteiger partial charge is 0.333 e. The molecule has 3 aromatic rings. The molecule has 2 amide bonds. The van der Waals surface area contributed by atoms with Crippen LogP contribution in [0.15, 0.2) is 54.4 Å². The fourth-order valence-electron chi connectivity index (χ4n) is 2.17. The number of nitrogens with one attached hydrogen (secondary N) is 2. The summed E-state index contributed by atoms with van der Waals surface area (Å²) in [5, 5.41) is 11.9. The first-order chi connectivity index (χ1) is 11.2. The molecule has 7 heteroatoms. The molecule has 23 heavy (non-hydrogen) atoms. The van der Waals surface area contributed by atoms with Gasteiger partial charge in [-0.1, -0.05) is 18.2 Å². The van der Waals surface area contributed by atoms with Crippen LogP contribution >= 0.6 is 11.3 Å². The molecule has 1 atom stereocenters. The monoisotopic (exact) mass is 327 g/mol. The van der Waals surface area contributed by atoms with E-state index in [4.69, 9.17) is 0 Å². The zero-order valence-corrected chi connectivity index (χ0v) is 13.5. The summed E-state index contributed by atoms with van der Waals surface area (Å²) in [4.78, 5) is 17.0. The Balaban J connectivity index is 1.55. The van der Waals surface area contributed by atoms with Crippen LogP contribution in [0, 0.1) is 0 Å². The average molecular weight is 327 g/mol. The van der Waals surface area contributed by atoms with Gasteiger partial charge in [0.05, 0.1) is 18.3 Å². The summed E-state index contributed by atoms with van der Waals surface area (Å²) in [6.45, 7) is 2.50. The lowest BCUT2D eigenvalue weighted by Gasteiger charge is -2.15. The molecular weight excluding hydrogens is 310 g/mol. The molecular formula is C16H17N5OS. The molecule has 2 aromatic heterocycles. The van der Waals surface area contributed by atoms with E-state index in [0.29, 0.717) is 6.54 Å². The normalized spacial score (nSPS) is 11.9. The summed E-state index contributed by atoms with van der Waals surface area (Å²) in [7, 11) is 0. The second-order valence-corrected chi connectivity index (χ2v) is 6.09.